The summed E-state index contributed by atoms with van der Waals surface area (Å²) in [5.41, 5.74) is 1.19. The van der Waals surface area contributed by atoms with E-state index in [0.29, 0.717) is 5.92 Å². The van der Waals surface area contributed by atoms with Crippen LogP contribution in [-0.4, -0.2) is 34.0 Å². The maximum atomic E-state index is 4.49. The zero-order valence-electron chi connectivity index (χ0n) is 11.1. The quantitative estimate of drug-likeness (QED) is 0.802. The second-order valence-electron chi connectivity index (χ2n) is 5.76. The van der Waals surface area contributed by atoms with E-state index in [1.807, 2.05) is 12.4 Å². The van der Waals surface area contributed by atoms with Crippen LogP contribution in [-0.2, 0) is 0 Å². The fraction of sp³-hybridized carbons (Fsp3) is 0.733. The Morgan fingerprint density at radius 3 is 2.67 bits per heavy atom. The van der Waals surface area contributed by atoms with Gasteiger partial charge in [0.1, 0.15) is 0 Å². The molecule has 1 unspecified atom stereocenters. The topological polar surface area (TPSA) is 29.0 Å². The Balaban J connectivity index is 1.64. The average Bonchev–Trinajstić information content (AvgIpc) is 2.49. The first-order valence-corrected chi connectivity index (χ1v) is 7.43. The van der Waals surface area contributed by atoms with Crippen LogP contribution in [0.25, 0.3) is 0 Å². The van der Waals surface area contributed by atoms with E-state index in [1.165, 1.54) is 63.7 Å². The minimum atomic E-state index is 0.606. The maximum absolute atomic E-state index is 4.49. The average molecular weight is 245 g/mol. The molecule has 0 spiro atoms. The van der Waals surface area contributed by atoms with Crippen molar-refractivity contribution in [2.24, 2.45) is 0 Å². The molecule has 3 heteroatoms. The van der Waals surface area contributed by atoms with E-state index in [2.05, 4.69) is 14.9 Å². The third-order valence-electron chi connectivity index (χ3n) is 4.55. The van der Waals surface area contributed by atoms with Gasteiger partial charge in [-0.15, -0.1) is 0 Å². The first kappa shape index (κ1) is 12.1. The summed E-state index contributed by atoms with van der Waals surface area (Å²) in [7, 11) is 0. The van der Waals surface area contributed by atoms with Gasteiger partial charge in [-0.05, 0) is 32.2 Å². The normalized spacial score (nSPS) is 27.2. The molecule has 2 heterocycles. The maximum Gasteiger partial charge on any atom is 0.0630 e. The summed E-state index contributed by atoms with van der Waals surface area (Å²) in [4.78, 5) is 11.4. The first-order chi connectivity index (χ1) is 8.93. The van der Waals surface area contributed by atoms with Crippen molar-refractivity contribution in [2.45, 2.75) is 56.9 Å². The summed E-state index contributed by atoms with van der Waals surface area (Å²) in [6.07, 6.45) is 15.3. The molecule has 1 saturated carbocycles. The summed E-state index contributed by atoms with van der Waals surface area (Å²) >= 11 is 0. The van der Waals surface area contributed by atoms with Gasteiger partial charge in [-0.1, -0.05) is 19.3 Å². The lowest BCUT2D eigenvalue weighted by Gasteiger charge is -2.39. The van der Waals surface area contributed by atoms with E-state index in [-0.39, 0.29) is 0 Å². The molecule has 1 aliphatic carbocycles. The predicted octanol–water partition coefficient (Wildman–Crippen LogP) is 2.99. The van der Waals surface area contributed by atoms with Crippen molar-refractivity contribution in [1.82, 2.24) is 14.9 Å². The zero-order chi connectivity index (χ0) is 12.2. The highest BCUT2D eigenvalue weighted by Crippen LogP contribution is 2.30. The van der Waals surface area contributed by atoms with Crippen molar-refractivity contribution in [3.63, 3.8) is 0 Å². The second-order valence-corrected chi connectivity index (χ2v) is 5.76. The molecular weight excluding hydrogens is 222 g/mol. The van der Waals surface area contributed by atoms with Crippen LogP contribution in [0.5, 0.6) is 0 Å². The van der Waals surface area contributed by atoms with Gasteiger partial charge in [0.2, 0.25) is 0 Å². The van der Waals surface area contributed by atoms with E-state index in [0.717, 1.165) is 6.04 Å². The molecule has 3 rings (SSSR count). The first-order valence-electron chi connectivity index (χ1n) is 7.43. The third kappa shape index (κ3) is 2.72. The molecule has 0 bridgehead atoms. The van der Waals surface area contributed by atoms with Crippen LogP contribution in [0, 0.1) is 0 Å². The van der Waals surface area contributed by atoms with Gasteiger partial charge in [0.05, 0.1) is 5.69 Å². The van der Waals surface area contributed by atoms with Gasteiger partial charge in [-0.3, -0.25) is 14.9 Å². The third-order valence-corrected chi connectivity index (χ3v) is 4.55. The van der Waals surface area contributed by atoms with E-state index in [9.17, 15) is 0 Å². The molecule has 1 saturated heterocycles. The monoisotopic (exact) mass is 245 g/mol. The molecular formula is C15H23N3. The standard InChI is InChI=1S/C15H23N3/c1-2-6-14(7-3-1)18-10-4-5-13(12-18)15-11-16-8-9-17-15/h8-9,11,13-14H,1-7,10,12H2. The Morgan fingerprint density at radius 2 is 1.89 bits per heavy atom. The molecule has 0 aromatic carbocycles. The second kappa shape index (κ2) is 5.79. The Hall–Kier alpha value is -0.960. The van der Waals surface area contributed by atoms with Gasteiger partial charge in [0.25, 0.3) is 0 Å². The van der Waals surface area contributed by atoms with Crippen molar-refractivity contribution in [3.05, 3.63) is 24.3 Å². The van der Waals surface area contributed by atoms with Crippen molar-refractivity contribution in [1.29, 1.82) is 0 Å². The number of piperidine rings is 1. The molecule has 3 nitrogen and oxygen atoms in total. The van der Waals surface area contributed by atoms with Crippen molar-refractivity contribution in [2.75, 3.05) is 13.1 Å². The van der Waals surface area contributed by atoms with Crippen molar-refractivity contribution < 1.29 is 0 Å². The number of likely N-dealkylation sites (tertiary alicyclic amines) is 1. The van der Waals surface area contributed by atoms with Gasteiger partial charge >= 0.3 is 0 Å². The lowest BCUT2D eigenvalue weighted by atomic mass is 9.89. The fourth-order valence-corrected chi connectivity index (χ4v) is 3.55. The number of nitrogens with zero attached hydrogens (tertiary/aromatic N) is 3. The van der Waals surface area contributed by atoms with Crippen LogP contribution in [0.1, 0.15) is 56.6 Å². The van der Waals surface area contributed by atoms with E-state index >= 15 is 0 Å². The summed E-state index contributed by atoms with van der Waals surface area (Å²) < 4.78 is 0. The van der Waals surface area contributed by atoms with Crippen LogP contribution >= 0.6 is 0 Å². The highest BCUT2D eigenvalue weighted by Gasteiger charge is 2.28. The SMILES string of the molecule is c1cnc(C2CCCN(C3CCCCC3)C2)cn1. The van der Waals surface area contributed by atoms with Gasteiger partial charge in [0.15, 0.2) is 0 Å². The summed E-state index contributed by atoms with van der Waals surface area (Å²) in [5, 5.41) is 0. The number of hydrogen-bond acceptors (Lipinski definition) is 3. The number of hydrogen-bond donors (Lipinski definition) is 0. The van der Waals surface area contributed by atoms with Crippen LogP contribution in [0.3, 0.4) is 0 Å². The molecule has 1 aliphatic heterocycles. The molecule has 1 aromatic rings. The van der Waals surface area contributed by atoms with Gasteiger partial charge in [-0.2, -0.15) is 0 Å². The summed E-state index contributed by atoms with van der Waals surface area (Å²) in [6.45, 7) is 2.49. The van der Waals surface area contributed by atoms with Crippen LogP contribution in [0.2, 0.25) is 0 Å². The molecule has 2 aliphatic rings. The smallest absolute Gasteiger partial charge is 0.0630 e. The molecule has 98 valence electrons. The molecule has 2 fully saturated rings. The molecule has 0 radical (unpaired) electrons. The molecule has 0 amide bonds. The van der Waals surface area contributed by atoms with Crippen LogP contribution in [0.15, 0.2) is 18.6 Å². The Morgan fingerprint density at radius 1 is 1.00 bits per heavy atom. The molecule has 1 atom stereocenters. The summed E-state index contributed by atoms with van der Waals surface area (Å²) in [6, 6.07) is 0.846. The predicted molar refractivity (Wildman–Crippen MR) is 72.5 cm³/mol. The van der Waals surface area contributed by atoms with Gasteiger partial charge in [-0.25, -0.2) is 0 Å². The summed E-state index contributed by atoms with van der Waals surface area (Å²) in [5.74, 6) is 0.606. The number of rotatable bonds is 2. The molecule has 18 heavy (non-hydrogen) atoms. The lowest BCUT2D eigenvalue weighted by Crippen LogP contribution is -2.43. The van der Waals surface area contributed by atoms with Crippen molar-refractivity contribution in [3.8, 4) is 0 Å². The minimum Gasteiger partial charge on any atom is -0.300 e. The van der Waals surface area contributed by atoms with Crippen LogP contribution < -0.4 is 0 Å². The van der Waals surface area contributed by atoms with E-state index < -0.39 is 0 Å². The lowest BCUT2D eigenvalue weighted by molar-refractivity contribution is 0.118. The Bertz CT molecular complexity index is 359. The van der Waals surface area contributed by atoms with Gasteiger partial charge in [0, 0.05) is 37.1 Å². The van der Waals surface area contributed by atoms with Crippen LogP contribution in [0.4, 0.5) is 0 Å². The number of aromatic nitrogens is 2. The molecule has 0 N–H and O–H groups in total. The fourth-order valence-electron chi connectivity index (χ4n) is 3.55. The minimum absolute atomic E-state index is 0.606. The van der Waals surface area contributed by atoms with Crippen molar-refractivity contribution >= 4 is 0 Å². The zero-order valence-corrected chi connectivity index (χ0v) is 11.1. The van der Waals surface area contributed by atoms with E-state index in [1.54, 1.807) is 6.20 Å². The highest BCUT2D eigenvalue weighted by atomic mass is 15.2. The Labute approximate surface area is 110 Å². The van der Waals surface area contributed by atoms with E-state index in [4.69, 9.17) is 0 Å². The largest absolute Gasteiger partial charge is 0.300 e. The van der Waals surface area contributed by atoms with Gasteiger partial charge < -0.3 is 0 Å². The molecule has 1 aromatic heterocycles. The Kier molecular flexibility index (Phi) is 3.89. The highest BCUT2D eigenvalue weighted by molar-refractivity contribution is 5.06.